The zero-order chi connectivity index (χ0) is 20.4. The third-order valence-corrected chi connectivity index (χ3v) is 4.94. The van der Waals surface area contributed by atoms with Crippen molar-refractivity contribution in [3.8, 4) is 22.9 Å². The van der Waals surface area contributed by atoms with Crippen molar-refractivity contribution in [1.29, 1.82) is 0 Å². The Bertz CT molecular complexity index is 1040. The van der Waals surface area contributed by atoms with Crippen molar-refractivity contribution in [3.63, 3.8) is 0 Å². The number of amides is 1. The van der Waals surface area contributed by atoms with E-state index in [-0.39, 0.29) is 24.3 Å². The molecule has 0 radical (unpaired) electrons. The number of halogens is 1. The minimum absolute atomic E-state index is 0.0230. The lowest BCUT2D eigenvalue weighted by Gasteiger charge is -2.22. The SMILES string of the molecule is COc1ccc(-c2noc(C3CCC(=O)N3Cc3cccc(F)c3)n2)cc1OC. The highest BCUT2D eigenvalue weighted by Crippen LogP contribution is 2.35. The summed E-state index contributed by atoms with van der Waals surface area (Å²) in [6, 6.07) is 11.2. The molecule has 1 aliphatic rings. The number of rotatable bonds is 6. The molecular formula is C21H20FN3O4. The van der Waals surface area contributed by atoms with Crippen LogP contribution < -0.4 is 9.47 Å². The summed E-state index contributed by atoms with van der Waals surface area (Å²) in [6.07, 6.45) is 0.954. The predicted molar refractivity (Wildman–Crippen MR) is 102 cm³/mol. The molecule has 29 heavy (non-hydrogen) atoms. The average molecular weight is 397 g/mol. The maximum Gasteiger partial charge on any atom is 0.249 e. The molecule has 1 fully saturated rings. The van der Waals surface area contributed by atoms with Crippen molar-refractivity contribution >= 4 is 5.91 Å². The molecule has 0 saturated carbocycles. The number of ether oxygens (including phenoxy) is 2. The first kappa shape index (κ1) is 18.9. The summed E-state index contributed by atoms with van der Waals surface area (Å²) in [4.78, 5) is 18.5. The van der Waals surface area contributed by atoms with Gasteiger partial charge in [-0.25, -0.2) is 4.39 Å². The number of carbonyl (C=O) groups excluding carboxylic acids is 1. The summed E-state index contributed by atoms with van der Waals surface area (Å²) in [5, 5.41) is 4.06. The van der Waals surface area contributed by atoms with E-state index < -0.39 is 0 Å². The molecule has 1 aliphatic heterocycles. The summed E-state index contributed by atoms with van der Waals surface area (Å²) in [5.74, 6) is 1.55. The maximum absolute atomic E-state index is 13.5. The molecule has 1 aromatic heterocycles. The molecule has 7 nitrogen and oxygen atoms in total. The molecule has 150 valence electrons. The van der Waals surface area contributed by atoms with Crippen molar-refractivity contribution in [1.82, 2.24) is 15.0 Å². The molecule has 1 unspecified atom stereocenters. The topological polar surface area (TPSA) is 77.7 Å². The van der Waals surface area contributed by atoms with Crippen LogP contribution in [0.4, 0.5) is 4.39 Å². The first-order chi connectivity index (χ1) is 14.1. The van der Waals surface area contributed by atoms with Gasteiger partial charge in [0.05, 0.1) is 14.2 Å². The van der Waals surface area contributed by atoms with Gasteiger partial charge in [0.2, 0.25) is 17.6 Å². The quantitative estimate of drug-likeness (QED) is 0.630. The van der Waals surface area contributed by atoms with Gasteiger partial charge in [-0.3, -0.25) is 4.79 Å². The first-order valence-electron chi connectivity index (χ1n) is 9.19. The van der Waals surface area contributed by atoms with Crippen LogP contribution in [0.15, 0.2) is 47.0 Å². The lowest BCUT2D eigenvalue weighted by Crippen LogP contribution is -2.27. The third-order valence-electron chi connectivity index (χ3n) is 4.94. The molecule has 0 aliphatic carbocycles. The van der Waals surface area contributed by atoms with Gasteiger partial charge in [-0.15, -0.1) is 0 Å². The summed E-state index contributed by atoms with van der Waals surface area (Å²) < 4.78 is 29.5. The number of nitrogens with zero attached hydrogens (tertiary/aromatic N) is 3. The Morgan fingerprint density at radius 1 is 1.17 bits per heavy atom. The van der Waals surface area contributed by atoms with Gasteiger partial charge in [0.15, 0.2) is 11.5 Å². The van der Waals surface area contributed by atoms with Gasteiger partial charge >= 0.3 is 0 Å². The van der Waals surface area contributed by atoms with Crippen LogP contribution in [0.5, 0.6) is 11.5 Å². The Morgan fingerprint density at radius 2 is 2.00 bits per heavy atom. The molecule has 0 N–H and O–H groups in total. The Hall–Kier alpha value is -3.42. The fraction of sp³-hybridized carbons (Fsp3) is 0.286. The highest BCUT2D eigenvalue weighted by atomic mass is 19.1. The number of benzene rings is 2. The minimum atomic E-state index is -0.341. The molecule has 1 amide bonds. The lowest BCUT2D eigenvalue weighted by molar-refractivity contribution is -0.130. The highest BCUT2D eigenvalue weighted by Gasteiger charge is 2.36. The van der Waals surface area contributed by atoms with E-state index in [2.05, 4.69) is 10.1 Å². The molecule has 1 atom stereocenters. The summed E-state index contributed by atoms with van der Waals surface area (Å²) in [5.41, 5.74) is 1.42. The van der Waals surface area contributed by atoms with Gasteiger partial charge in [0.25, 0.3) is 0 Å². The van der Waals surface area contributed by atoms with E-state index in [1.54, 1.807) is 49.5 Å². The van der Waals surface area contributed by atoms with Gasteiger partial charge in [0, 0.05) is 18.5 Å². The molecule has 0 spiro atoms. The summed E-state index contributed by atoms with van der Waals surface area (Å²) >= 11 is 0. The van der Waals surface area contributed by atoms with E-state index in [1.807, 2.05) is 0 Å². The Balaban J connectivity index is 1.59. The van der Waals surface area contributed by atoms with Gasteiger partial charge in [-0.2, -0.15) is 4.98 Å². The molecule has 8 heteroatoms. The average Bonchev–Trinajstić information content (AvgIpc) is 3.35. The fourth-order valence-corrected chi connectivity index (χ4v) is 3.48. The fourth-order valence-electron chi connectivity index (χ4n) is 3.48. The molecule has 4 rings (SSSR count). The van der Waals surface area contributed by atoms with Crippen LogP contribution >= 0.6 is 0 Å². The molecule has 2 heterocycles. The van der Waals surface area contributed by atoms with E-state index in [1.165, 1.54) is 12.1 Å². The van der Waals surface area contributed by atoms with Crippen molar-refractivity contribution in [2.45, 2.75) is 25.4 Å². The smallest absolute Gasteiger partial charge is 0.249 e. The number of carbonyl (C=O) groups is 1. The summed E-state index contributed by atoms with van der Waals surface area (Å²) in [6.45, 7) is 0.287. The Kier molecular flexibility index (Phi) is 5.16. The number of hydrogen-bond donors (Lipinski definition) is 0. The monoisotopic (exact) mass is 397 g/mol. The van der Waals surface area contributed by atoms with Crippen LogP contribution in [0.25, 0.3) is 11.4 Å². The number of methoxy groups -OCH3 is 2. The van der Waals surface area contributed by atoms with Gasteiger partial charge < -0.3 is 18.9 Å². The highest BCUT2D eigenvalue weighted by molar-refractivity contribution is 5.78. The van der Waals surface area contributed by atoms with E-state index >= 15 is 0 Å². The van der Waals surface area contributed by atoms with Crippen molar-refractivity contribution in [2.75, 3.05) is 14.2 Å². The zero-order valence-corrected chi connectivity index (χ0v) is 16.1. The lowest BCUT2D eigenvalue weighted by atomic mass is 10.1. The second kappa shape index (κ2) is 7.90. The minimum Gasteiger partial charge on any atom is -0.493 e. The number of aromatic nitrogens is 2. The van der Waals surface area contributed by atoms with Gasteiger partial charge in [-0.05, 0) is 42.3 Å². The van der Waals surface area contributed by atoms with Crippen LogP contribution in [-0.4, -0.2) is 35.2 Å². The number of hydrogen-bond acceptors (Lipinski definition) is 6. The first-order valence-corrected chi connectivity index (χ1v) is 9.19. The molecule has 3 aromatic rings. The molecular weight excluding hydrogens is 377 g/mol. The Morgan fingerprint density at radius 3 is 2.76 bits per heavy atom. The summed E-state index contributed by atoms with van der Waals surface area (Å²) in [7, 11) is 3.12. The zero-order valence-electron chi connectivity index (χ0n) is 16.1. The van der Waals surface area contributed by atoms with E-state index in [0.29, 0.717) is 47.2 Å². The molecule has 2 aromatic carbocycles. The predicted octanol–water partition coefficient (Wildman–Crippen LogP) is 3.76. The van der Waals surface area contributed by atoms with Gasteiger partial charge in [-0.1, -0.05) is 17.3 Å². The standard InChI is InChI=1S/C21H20FN3O4/c1-27-17-8-6-14(11-18(17)28-2)20-23-21(29-24-20)16-7-9-19(26)25(16)12-13-4-3-5-15(22)10-13/h3-6,8,10-11,16H,7,9,12H2,1-2H3. The van der Waals surface area contributed by atoms with Crippen molar-refractivity contribution < 1.29 is 23.2 Å². The van der Waals surface area contributed by atoms with Gasteiger partial charge in [0.1, 0.15) is 11.9 Å². The van der Waals surface area contributed by atoms with Crippen LogP contribution in [0.3, 0.4) is 0 Å². The second-order valence-corrected chi connectivity index (χ2v) is 6.73. The van der Waals surface area contributed by atoms with Crippen LogP contribution in [0.1, 0.15) is 30.3 Å². The maximum atomic E-state index is 13.5. The van der Waals surface area contributed by atoms with Crippen LogP contribution in [0.2, 0.25) is 0 Å². The molecule has 1 saturated heterocycles. The van der Waals surface area contributed by atoms with Crippen LogP contribution in [0, 0.1) is 5.82 Å². The second-order valence-electron chi connectivity index (χ2n) is 6.73. The Labute approximate surface area is 167 Å². The largest absolute Gasteiger partial charge is 0.493 e. The molecule has 0 bridgehead atoms. The van der Waals surface area contributed by atoms with E-state index in [0.717, 1.165) is 0 Å². The number of likely N-dealkylation sites (tertiary alicyclic amines) is 1. The third kappa shape index (κ3) is 3.78. The van der Waals surface area contributed by atoms with Crippen LogP contribution in [-0.2, 0) is 11.3 Å². The van der Waals surface area contributed by atoms with Crippen molar-refractivity contribution in [2.24, 2.45) is 0 Å². The van der Waals surface area contributed by atoms with Crippen molar-refractivity contribution in [3.05, 3.63) is 59.7 Å². The van der Waals surface area contributed by atoms with E-state index in [9.17, 15) is 9.18 Å². The normalized spacial score (nSPS) is 16.3. The van der Waals surface area contributed by atoms with E-state index in [4.69, 9.17) is 14.0 Å².